The standard InChI is InChI=1S/C25H27NO3S/c1-4-6-21-7-5-8-25(30(27)28)26(22-14-9-19(2)10-15-22)24(21)18-13-20-11-16-23(29-3)17-12-20/h4,9-12,14-17,25H,1,5-8H2,2-3H3,(H,27,28)/p-1. The molecule has 0 aliphatic carbocycles. The first-order valence-electron chi connectivity index (χ1n) is 9.96. The third-order valence-corrected chi connectivity index (χ3v) is 6.02. The van der Waals surface area contributed by atoms with E-state index in [0.29, 0.717) is 12.8 Å². The summed E-state index contributed by atoms with van der Waals surface area (Å²) in [4.78, 5) is 1.88. The van der Waals surface area contributed by atoms with Gasteiger partial charge in [0.05, 0.1) is 18.2 Å². The molecule has 2 atom stereocenters. The van der Waals surface area contributed by atoms with Crippen LogP contribution in [0, 0.1) is 18.8 Å². The molecule has 156 valence electrons. The van der Waals surface area contributed by atoms with Gasteiger partial charge in [-0.3, -0.25) is 4.21 Å². The number of methoxy groups -OCH3 is 1. The molecule has 0 radical (unpaired) electrons. The lowest BCUT2D eigenvalue weighted by Gasteiger charge is -2.34. The maximum Gasteiger partial charge on any atom is 0.118 e. The smallest absolute Gasteiger partial charge is 0.118 e. The van der Waals surface area contributed by atoms with Crippen molar-refractivity contribution in [2.75, 3.05) is 12.0 Å². The Morgan fingerprint density at radius 1 is 1.20 bits per heavy atom. The number of anilines is 1. The molecule has 0 saturated heterocycles. The highest BCUT2D eigenvalue weighted by Gasteiger charge is 2.27. The average molecular weight is 421 g/mol. The third-order valence-electron chi connectivity index (χ3n) is 5.13. The fraction of sp³-hybridized carbons (Fsp3) is 0.280. The minimum absolute atomic E-state index is 0.554. The molecule has 30 heavy (non-hydrogen) atoms. The van der Waals surface area contributed by atoms with Gasteiger partial charge in [-0.05, 0) is 91.6 Å². The molecule has 0 amide bonds. The van der Waals surface area contributed by atoms with E-state index in [9.17, 15) is 8.76 Å². The monoisotopic (exact) mass is 420 g/mol. The molecule has 1 heterocycles. The highest BCUT2D eigenvalue weighted by atomic mass is 32.2. The summed E-state index contributed by atoms with van der Waals surface area (Å²) in [6.45, 7) is 5.90. The van der Waals surface area contributed by atoms with E-state index >= 15 is 0 Å². The van der Waals surface area contributed by atoms with Gasteiger partial charge in [-0.1, -0.05) is 29.7 Å². The summed E-state index contributed by atoms with van der Waals surface area (Å²) >= 11 is -2.26. The van der Waals surface area contributed by atoms with E-state index in [1.165, 1.54) is 0 Å². The van der Waals surface area contributed by atoms with Gasteiger partial charge >= 0.3 is 0 Å². The fourth-order valence-electron chi connectivity index (χ4n) is 3.56. The number of benzene rings is 2. The molecule has 1 aliphatic rings. The maximum atomic E-state index is 12.2. The number of rotatable bonds is 5. The Kier molecular flexibility index (Phi) is 7.51. The van der Waals surface area contributed by atoms with Gasteiger partial charge in [0.2, 0.25) is 0 Å². The first-order chi connectivity index (χ1) is 14.5. The van der Waals surface area contributed by atoms with E-state index in [1.54, 1.807) is 7.11 Å². The predicted molar refractivity (Wildman–Crippen MR) is 122 cm³/mol. The summed E-state index contributed by atoms with van der Waals surface area (Å²) in [5.41, 5.74) is 4.65. The Labute approximate surface area is 181 Å². The second kappa shape index (κ2) is 10.3. The van der Waals surface area contributed by atoms with E-state index < -0.39 is 16.5 Å². The van der Waals surface area contributed by atoms with Crippen molar-refractivity contribution in [3.8, 4) is 17.6 Å². The van der Waals surface area contributed by atoms with Crippen molar-refractivity contribution < 1.29 is 13.5 Å². The SMILES string of the molecule is C=CCC1=C(C#Cc2ccc(OC)cc2)N(c2ccc(C)cc2)C(S(=O)[O-])CCC1. The molecule has 0 aromatic heterocycles. The molecule has 0 spiro atoms. The molecule has 0 bridgehead atoms. The Hall–Kier alpha value is -2.81. The number of aryl methyl sites for hydroxylation is 1. The summed E-state index contributed by atoms with van der Waals surface area (Å²) in [7, 11) is 1.63. The number of nitrogens with zero attached hydrogens (tertiary/aromatic N) is 1. The highest BCUT2D eigenvalue weighted by molar-refractivity contribution is 7.79. The molecule has 0 N–H and O–H groups in total. The van der Waals surface area contributed by atoms with Crippen LogP contribution in [0.25, 0.3) is 0 Å². The van der Waals surface area contributed by atoms with E-state index in [0.717, 1.165) is 46.7 Å². The minimum atomic E-state index is -2.26. The van der Waals surface area contributed by atoms with Crippen LogP contribution in [-0.2, 0) is 11.1 Å². The van der Waals surface area contributed by atoms with Gasteiger partial charge in [-0.2, -0.15) is 0 Å². The van der Waals surface area contributed by atoms with Crippen LogP contribution in [-0.4, -0.2) is 21.2 Å². The molecular formula is C25H26NO3S-. The second-order valence-electron chi connectivity index (χ2n) is 7.24. The largest absolute Gasteiger partial charge is 0.771 e. The van der Waals surface area contributed by atoms with Crippen LogP contribution < -0.4 is 9.64 Å². The summed E-state index contributed by atoms with van der Waals surface area (Å²) in [6, 6.07) is 15.4. The Balaban J connectivity index is 2.13. The maximum absolute atomic E-state index is 12.2. The lowest BCUT2D eigenvalue weighted by Crippen LogP contribution is -2.37. The van der Waals surface area contributed by atoms with Gasteiger partial charge in [0.1, 0.15) is 5.75 Å². The first-order valence-corrected chi connectivity index (χ1v) is 11.1. The molecule has 0 fully saturated rings. The first kappa shape index (κ1) is 21.9. The van der Waals surface area contributed by atoms with Gasteiger partial charge in [-0.15, -0.1) is 6.58 Å². The third kappa shape index (κ3) is 5.21. The van der Waals surface area contributed by atoms with Crippen LogP contribution in [0.4, 0.5) is 5.69 Å². The summed E-state index contributed by atoms with van der Waals surface area (Å²) in [5.74, 6) is 7.27. The molecule has 5 heteroatoms. The van der Waals surface area contributed by atoms with Crippen LogP contribution in [0.2, 0.25) is 0 Å². The minimum Gasteiger partial charge on any atom is -0.771 e. The zero-order valence-electron chi connectivity index (χ0n) is 17.4. The van der Waals surface area contributed by atoms with Crippen molar-refractivity contribution in [3.05, 3.63) is 83.6 Å². The topological polar surface area (TPSA) is 52.6 Å². The van der Waals surface area contributed by atoms with Crippen molar-refractivity contribution in [2.24, 2.45) is 0 Å². The van der Waals surface area contributed by atoms with Gasteiger partial charge in [-0.25, -0.2) is 0 Å². The van der Waals surface area contributed by atoms with Crippen LogP contribution in [0.15, 0.2) is 72.5 Å². The van der Waals surface area contributed by atoms with E-state index in [4.69, 9.17) is 4.74 Å². The summed E-state index contributed by atoms with van der Waals surface area (Å²) < 4.78 is 29.5. The number of allylic oxidation sites excluding steroid dienone is 3. The molecule has 0 saturated carbocycles. The van der Waals surface area contributed by atoms with Gasteiger partial charge in [0, 0.05) is 11.3 Å². The normalized spacial score (nSPS) is 17.6. The Morgan fingerprint density at radius 2 is 1.90 bits per heavy atom. The molecular weight excluding hydrogens is 394 g/mol. The lowest BCUT2D eigenvalue weighted by atomic mass is 10.0. The van der Waals surface area contributed by atoms with Crippen LogP contribution in [0.1, 0.15) is 36.8 Å². The summed E-state index contributed by atoms with van der Waals surface area (Å²) in [5, 5.41) is -0.657. The number of hydrogen-bond donors (Lipinski definition) is 0. The molecule has 2 unspecified atom stereocenters. The van der Waals surface area contributed by atoms with Crippen molar-refractivity contribution >= 4 is 16.8 Å². The molecule has 2 aromatic rings. The van der Waals surface area contributed by atoms with Crippen LogP contribution in [0.5, 0.6) is 5.75 Å². The van der Waals surface area contributed by atoms with Crippen LogP contribution >= 0.6 is 0 Å². The van der Waals surface area contributed by atoms with Gasteiger partial charge in [0.15, 0.2) is 0 Å². The second-order valence-corrected chi connectivity index (χ2v) is 8.30. The van der Waals surface area contributed by atoms with E-state index in [2.05, 4.69) is 18.4 Å². The predicted octanol–water partition coefficient (Wildman–Crippen LogP) is 5.08. The number of hydrogen-bond acceptors (Lipinski definition) is 4. The quantitative estimate of drug-likeness (QED) is 0.384. The van der Waals surface area contributed by atoms with Gasteiger partial charge < -0.3 is 14.2 Å². The van der Waals surface area contributed by atoms with Crippen molar-refractivity contribution in [1.29, 1.82) is 0 Å². The van der Waals surface area contributed by atoms with Crippen molar-refractivity contribution in [1.82, 2.24) is 0 Å². The highest BCUT2D eigenvalue weighted by Crippen LogP contribution is 2.33. The number of ether oxygens (including phenoxy) is 1. The molecule has 1 aliphatic heterocycles. The van der Waals surface area contributed by atoms with Gasteiger partial charge in [0.25, 0.3) is 0 Å². The molecule has 4 nitrogen and oxygen atoms in total. The van der Waals surface area contributed by atoms with Crippen LogP contribution in [0.3, 0.4) is 0 Å². The Bertz CT molecular complexity index is 997. The van der Waals surface area contributed by atoms with Crippen molar-refractivity contribution in [3.63, 3.8) is 0 Å². The zero-order chi connectivity index (χ0) is 21.5. The fourth-order valence-corrected chi connectivity index (χ4v) is 4.32. The summed E-state index contributed by atoms with van der Waals surface area (Å²) in [6.07, 6.45) is 4.67. The average Bonchev–Trinajstić information content (AvgIpc) is 2.93. The van der Waals surface area contributed by atoms with E-state index in [-0.39, 0.29) is 0 Å². The van der Waals surface area contributed by atoms with E-state index in [1.807, 2.05) is 66.4 Å². The molecule has 3 rings (SSSR count). The zero-order valence-corrected chi connectivity index (χ0v) is 18.2. The Morgan fingerprint density at radius 3 is 2.50 bits per heavy atom. The molecule has 2 aromatic carbocycles. The lowest BCUT2D eigenvalue weighted by molar-refractivity contribution is 0.415. The van der Waals surface area contributed by atoms with Crippen molar-refractivity contribution in [2.45, 2.75) is 38.0 Å².